The number of fused-ring (bicyclic) bond motifs is 1. The molecular weight excluding hydrogens is 244 g/mol. The van der Waals surface area contributed by atoms with Crippen molar-refractivity contribution < 1.29 is 14.4 Å². The van der Waals surface area contributed by atoms with Crippen LogP contribution in [0.1, 0.15) is 27.2 Å². The van der Waals surface area contributed by atoms with Crippen LogP contribution in [0.15, 0.2) is 24.3 Å². The molecule has 3 aliphatic rings. The zero-order valence-electron chi connectivity index (χ0n) is 11.2. The lowest BCUT2D eigenvalue weighted by Crippen LogP contribution is -2.59. The van der Waals surface area contributed by atoms with Crippen LogP contribution in [-0.2, 0) is 9.59 Å². The SMILES string of the molecule is CC(C)(C)N1C(=O)CC(=O)NC1=O.c1cc2cc-2c1. The molecule has 5 nitrogen and oxygen atoms in total. The highest BCUT2D eigenvalue weighted by molar-refractivity contribution is 6.14. The Labute approximate surface area is 111 Å². The predicted molar refractivity (Wildman–Crippen MR) is 70.2 cm³/mol. The van der Waals surface area contributed by atoms with Gasteiger partial charge >= 0.3 is 6.03 Å². The van der Waals surface area contributed by atoms with Gasteiger partial charge in [-0.3, -0.25) is 19.8 Å². The Morgan fingerprint density at radius 1 is 1.11 bits per heavy atom. The second-order valence-electron chi connectivity index (χ2n) is 5.51. The third-order valence-electron chi connectivity index (χ3n) is 2.79. The Morgan fingerprint density at radius 3 is 2.00 bits per heavy atom. The van der Waals surface area contributed by atoms with Crippen molar-refractivity contribution in [3.63, 3.8) is 0 Å². The number of nitrogens with one attached hydrogen (secondary N) is 1. The van der Waals surface area contributed by atoms with Crippen molar-refractivity contribution in [1.82, 2.24) is 10.2 Å². The van der Waals surface area contributed by atoms with Crippen molar-refractivity contribution in [3.8, 4) is 11.1 Å². The molecular formula is C14H16N2O3. The van der Waals surface area contributed by atoms with E-state index in [1.54, 1.807) is 20.8 Å². The quantitative estimate of drug-likeness (QED) is 0.736. The topological polar surface area (TPSA) is 66.5 Å². The van der Waals surface area contributed by atoms with Gasteiger partial charge in [-0.05, 0) is 38.0 Å². The van der Waals surface area contributed by atoms with E-state index >= 15 is 0 Å². The molecule has 1 saturated heterocycles. The standard InChI is InChI=1S/C8H12N2O3.C6H4/c1-8(2,3)10-6(12)4-5(11)9-7(10)13;1-2-5-4-6(5)3-1/h4H2,1-3H3,(H,9,11,13);1-4H. The summed E-state index contributed by atoms with van der Waals surface area (Å²) in [5.74, 6) is -0.975. The lowest BCUT2D eigenvalue weighted by atomic mass is 10.0. The number of rotatable bonds is 0. The highest BCUT2D eigenvalue weighted by Gasteiger charge is 2.37. The van der Waals surface area contributed by atoms with E-state index in [-0.39, 0.29) is 6.42 Å². The van der Waals surface area contributed by atoms with Gasteiger partial charge in [0.05, 0.1) is 0 Å². The van der Waals surface area contributed by atoms with Gasteiger partial charge in [-0.2, -0.15) is 0 Å². The van der Waals surface area contributed by atoms with Gasteiger partial charge in [0.25, 0.3) is 0 Å². The highest BCUT2D eigenvalue weighted by Crippen LogP contribution is 2.32. The Balaban J connectivity index is 0.000000180. The first-order valence-corrected chi connectivity index (χ1v) is 6.06. The fraction of sp³-hybridized carbons (Fsp3) is 0.357. The molecule has 0 radical (unpaired) electrons. The normalized spacial score (nSPS) is 16.6. The van der Waals surface area contributed by atoms with Crippen molar-refractivity contribution in [2.75, 3.05) is 0 Å². The first kappa shape index (κ1) is 13.3. The van der Waals surface area contributed by atoms with Crippen LogP contribution in [0.2, 0.25) is 0 Å². The van der Waals surface area contributed by atoms with Gasteiger partial charge < -0.3 is 0 Å². The molecule has 0 bridgehead atoms. The molecule has 4 amide bonds. The van der Waals surface area contributed by atoms with Crippen LogP contribution in [0.25, 0.3) is 11.1 Å². The Hall–Kier alpha value is -2.17. The Kier molecular flexibility index (Phi) is 3.14. The summed E-state index contributed by atoms with van der Waals surface area (Å²) in [5.41, 5.74) is 2.27. The van der Waals surface area contributed by atoms with E-state index in [9.17, 15) is 14.4 Å². The summed E-state index contributed by atoms with van der Waals surface area (Å²) < 4.78 is 0. The second-order valence-corrected chi connectivity index (χ2v) is 5.51. The minimum atomic E-state index is -0.631. The number of hydrogen-bond acceptors (Lipinski definition) is 3. The number of carbonyl (C=O) groups is 3. The summed E-state index contributed by atoms with van der Waals surface area (Å²) in [6.45, 7) is 5.21. The number of benzene rings is 1. The van der Waals surface area contributed by atoms with E-state index in [0.29, 0.717) is 0 Å². The molecule has 0 aromatic carbocycles. The van der Waals surface area contributed by atoms with Gasteiger partial charge in [-0.1, -0.05) is 18.2 Å². The average Bonchev–Trinajstić information content (AvgIpc) is 2.83. The maximum absolute atomic E-state index is 11.3. The second kappa shape index (κ2) is 4.50. The molecule has 0 saturated carbocycles. The number of carbonyl (C=O) groups excluding carboxylic acids is 3. The molecule has 0 aromatic rings. The summed E-state index contributed by atoms with van der Waals surface area (Å²) in [6, 6.07) is 7.85. The first-order chi connectivity index (χ1) is 8.79. The average molecular weight is 260 g/mol. The van der Waals surface area contributed by atoms with Crippen molar-refractivity contribution in [1.29, 1.82) is 0 Å². The van der Waals surface area contributed by atoms with E-state index in [1.807, 2.05) is 0 Å². The lowest BCUT2D eigenvalue weighted by Gasteiger charge is -2.35. The molecule has 3 rings (SSSR count). The number of imide groups is 2. The fourth-order valence-corrected chi connectivity index (χ4v) is 1.90. The molecule has 100 valence electrons. The van der Waals surface area contributed by atoms with Crippen molar-refractivity contribution >= 4 is 17.8 Å². The smallest absolute Gasteiger partial charge is 0.277 e. The number of barbiturate groups is 1. The first-order valence-electron chi connectivity index (χ1n) is 6.06. The summed E-state index contributed by atoms with van der Waals surface area (Å²) >= 11 is 0. The van der Waals surface area contributed by atoms with Crippen LogP contribution < -0.4 is 5.32 Å². The maximum atomic E-state index is 11.3. The molecule has 5 heteroatoms. The number of nitrogens with zero attached hydrogens (tertiary/aromatic N) is 1. The van der Waals surface area contributed by atoms with E-state index in [2.05, 4.69) is 29.6 Å². The van der Waals surface area contributed by atoms with Crippen molar-refractivity contribution in [2.24, 2.45) is 0 Å². The monoisotopic (exact) mass is 260 g/mol. The van der Waals surface area contributed by atoms with Gasteiger partial charge in [0.2, 0.25) is 11.8 Å². The van der Waals surface area contributed by atoms with Crippen molar-refractivity contribution in [3.05, 3.63) is 24.3 Å². The Bertz CT molecular complexity index is 521. The number of urea groups is 1. The van der Waals surface area contributed by atoms with E-state index in [0.717, 1.165) is 4.90 Å². The minimum Gasteiger partial charge on any atom is -0.277 e. The molecule has 1 fully saturated rings. The molecule has 1 N–H and O–H groups in total. The van der Waals surface area contributed by atoms with E-state index < -0.39 is 23.4 Å². The van der Waals surface area contributed by atoms with Gasteiger partial charge in [-0.15, -0.1) is 0 Å². The molecule has 1 aliphatic heterocycles. The van der Waals surface area contributed by atoms with Gasteiger partial charge in [-0.25, -0.2) is 4.79 Å². The van der Waals surface area contributed by atoms with E-state index in [4.69, 9.17) is 0 Å². The van der Waals surface area contributed by atoms with Crippen molar-refractivity contribution in [2.45, 2.75) is 32.7 Å². The molecule has 0 spiro atoms. The zero-order valence-corrected chi connectivity index (χ0v) is 11.2. The minimum absolute atomic E-state index is 0.247. The van der Waals surface area contributed by atoms with Gasteiger partial charge in [0.1, 0.15) is 6.42 Å². The predicted octanol–water partition coefficient (Wildman–Crippen LogP) is 1.92. The van der Waals surface area contributed by atoms with Crippen LogP contribution in [0.4, 0.5) is 4.79 Å². The number of amides is 4. The van der Waals surface area contributed by atoms with Crippen LogP contribution in [0, 0.1) is 0 Å². The molecule has 2 aliphatic carbocycles. The van der Waals surface area contributed by atoms with Gasteiger partial charge in [0, 0.05) is 5.54 Å². The van der Waals surface area contributed by atoms with E-state index in [1.165, 1.54) is 11.1 Å². The van der Waals surface area contributed by atoms with Crippen LogP contribution in [0.5, 0.6) is 0 Å². The molecule has 0 aromatic heterocycles. The summed E-state index contributed by atoms with van der Waals surface area (Å²) in [6.07, 6.45) is -0.247. The summed E-state index contributed by atoms with van der Waals surface area (Å²) in [5, 5.41) is 2.09. The number of hydrogen-bond donors (Lipinski definition) is 1. The third-order valence-corrected chi connectivity index (χ3v) is 2.79. The lowest BCUT2D eigenvalue weighted by molar-refractivity contribution is -0.139. The molecule has 0 atom stereocenters. The molecule has 1 heterocycles. The van der Waals surface area contributed by atoms with Gasteiger partial charge in [0.15, 0.2) is 0 Å². The molecule has 19 heavy (non-hydrogen) atoms. The summed E-state index contributed by atoms with van der Waals surface area (Å²) in [7, 11) is 0. The largest absolute Gasteiger partial charge is 0.331 e. The fourth-order valence-electron chi connectivity index (χ4n) is 1.90. The Morgan fingerprint density at radius 2 is 1.68 bits per heavy atom. The summed E-state index contributed by atoms with van der Waals surface area (Å²) in [4.78, 5) is 34.4. The zero-order chi connectivity index (χ0) is 14.2. The molecule has 0 unspecified atom stereocenters. The van der Waals surface area contributed by atoms with Crippen LogP contribution >= 0.6 is 0 Å². The van der Waals surface area contributed by atoms with Crippen LogP contribution in [0.3, 0.4) is 0 Å². The van der Waals surface area contributed by atoms with Crippen LogP contribution in [-0.4, -0.2) is 28.3 Å². The highest BCUT2D eigenvalue weighted by atomic mass is 16.2. The maximum Gasteiger partial charge on any atom is 0.331 e. The third kappa shape index (κ3) is 2.99.